The normalized spacial score (nSPS) is 20.2. The van der Waals surface area contributed by atoms with Crippen molar-refractivity contribution in [3.8, 4) is 0 Å². The summed E-state index contributed by atoms with van der Waals surface area (Å²) < 4.78 is 43.4. The van der Waals surface area contributed by atoms with E-state index in [1.54, 1.807) is 20.8 Å². The lowest BCUT2D eigenvalue weighted by Gasteiger charge is -2.30. The number of anilines is 1. The summed E-state index contributed by atoms with van der Waals surface area (Å²) in [5, 5.41) is 2.76. The third-order valence-corrected chi connectivity index (χ3v) is 4.17. The van der Waals surface area contributed by atoms with E-state index in [4.69, 9.17) is 4.74 Å². The lowest BCUT2D eigenvalue weighted by molar-refractivity contribution is -0.137. The van der Waals surface area contributed by atoms with Crippen molar-refractivity contribution in [3.05, 3.63) is 23.9 Å². The van der Waals surface area contributed by atoms with Gasteiger partial charge in [-0.05, 0) is 52.2 Å². The minimum Gasteiger partial charge on any atom is -0.444 e. The van der Waals surface area contributed by atoms with Crippen LogP contribution < -0.4 is 16.2 Å². The number of halogens is 3. The Balaban J connectivity index is 1.86. The molecule has 1 aliphatic rings. The van der Waals surface area contributed by atoms with Gasteiger partial charge >= 0.3 is 12.3 Å². The highest BCUT2D eigenvalue weighted by Gasteiger charge is 2.31. The van der Waals surface area contributed by atoms with Crippen molar-refractivity contribution in [3.63, 3.8) is 0 Å². The van der Waals surface area contributed by atoms with Crippen molar-refractivity contribution in [2.24, 2.45) is 5.92 Å². The smallest absolute Gasteiger partial charge is 0.416 e. The van der Waals surface area contributed by atoms with Gasteiger partial charge in [0, 0.05) is 18.2 Å². The van der Waals surface area contributed by atoms with Crippen LogP contribution in [0.4, 0.5) is 23.8 Å². The third-order valence-electron chi connectivity index (χ3n) is 4.17. The van der Waals surface area contributed by atoms with Crippen LogP contribution in [0.2, 0.25) is 0 Å². The molecule has 7 nitrogen and oxygen atoms in total. The van der Waals surface area contributed by atoms with Crippen LogP contribution in [0.15, 0.2) is 18.3 Å². The molecule has 0 bridgehead atoms. The minimum atomic E-state index is -4.49. The number of rotatable bonds is 4. The van der Waals surface area contributed by atoms with Crippen molar-refractivity contribution in [2.75, 3.05) is 5.43 Å². The number of nitrogens with one attached hydrogen (secondary N) is 3. The molecule has 1 aromatic rings. The second-order valence-corrected chi connectivity index (χ2v) is 7.75. The van der Waals surface area contributed by atoms with Crippen LogP contribution in [-0.2, 0) is 15.7 Å². The highest BCUT2D eigenvalue weighted by Crippen LogP contribution is 2.30. The molecule has 1 saturated carbocycles. The van der Waals surface area contributed by atoms with E-state index in [1.807, 2.05) is 0 Å². The fourth-order valence-electron chi connectivity index (χ4n) is 2.94. The molecule has 1 aromatic heterocycles. The van der Waals surface area contributed by atoms with Crippen LogP contribution >= 0.6 is 0 Å². The van der Waals surface area contributed by atoms with E-state index in [2.05, 4.69) is 21.2 Å². The number of alkyl halides is 3. The summed E-state index contributed by atoms with van der Waals surface area (Å²) in [6.45, 7) is 5.28. The average Bonchev–Trinajstić information content (AvgIpc) is 2.57. The molecule has 0 radical (unpaired) electrons. The van der Waals surface area contributed by atoms with E-state index in [9.17, 15) is 22.8 Å². The molecule has 156 valence electrons. The number of nitrogens with zero attached hydrogens (tertiary/aromatic N) is 1. The maximum absolute atomic E-state index is 12.7. The number of hydrogen-bond acceptors (Lipinski definition) is 5. The van der Waals surface area contributed by atoms with Crippen LogP contribution in [0.3, 0.4) is 0 Å². The summed E-state index contributed by atoms with van der Waals surface area (Å²) in [6.07, 6.45) is -1.51. The number of amides is 2. The monoisotopic (exact) mass is 402 g/mol. The van der Waals surface area contributed by atoms with Gasteiger partial charge in [-0.2, -0.15) is 13.2 Å². The van der Waals surface area contributed by atoms with Gasteiger partial charge in [-0.25, -0.2) is 9.78 Å². The minimum absolute atomic E-state index is 0.109. The van der Waals surface area contributed by atoms with E-state index in [1.165, 1.54) is 0 Å². The quantitative estimate of drug-likeness (QED) is 0.669. The molecule has 0 aliphatic heterocycles. The Bertz CT molecular complexity index is 704. The Morgan fingerprint density at radius 1 is 1.21 bits per heavy atom. The highest BCUT2D eigenvalue weighted by atomic mass is 19.4. The second-order valence-electron chi connectivity index (χ2n) is 7.75. The lowest BCUT2D eigenvalue weighted by atomic mass is 9.85. The van der Waals surface area contributed by atoms with E-state index in [-0.39, 0.29) is 23.7 Å². The summed E-state index contributed by atoms with van der Waals surface area (Å²) in [5.74, 6) is -0.857. The van der Waals surface area contributed by atoms with Gasteiger partial charge in [-0.3, -0.25) is 15.6 Å². The Labute approximate surface area is 161 Å². The van der Waals surface area contributed by atoms with E-state index < -0.39 is 23.4 Å². The predicted molar refractivity (Wildman–Crippen MR) is 96.1 cm³/mol. The number of pyridine rings is 1. The molecule has 2 rings (SSSR count). The summed E-state index contributed by atoms with van der Waals surface area (Å²) >= 11 is 0. The first kappa shape index (κ1) is 21.8. The standard InChI is InChI=1S/C18H25F3N4O3/c1-17(2,3)28-16(27)23-13-6-4-5-11(9-13)15(26)25-24-14-10-12(7-8-22-14)18(19,20)21/h7-8,10-11,13H,4-6,9H2,1-3H3,(H,22,24)(H,23,27)(H,25,26)/t11-,13+/m0/s1. The molecule has 2 atom stereocenters. The summed E-state index contributed by atoms with van der Waals surface area (Å²) in [7, 11) is 0. The number of ether oxygens (including phenoxy) is 1. The molecule has 0 saturated heterocycles. The fourth-order valence-corrected chi connectivity index (χ4v) is 2.94. The van der Waals surface area contributed by atoms with Gasteiger partial charge in [0.2, 0.25) is 5.91 Å². The SMILES string of the molecule is CC(C)(C)OC(=O)N[C@@H]1CCC[C@H](C(=O)NNc2cc(C(F)(F)F)ccn2)C1. The Morgan fingerprint density at radius 3 is 2.57 bits per heavy atom. The van der Waals surface area contributed by atoms with Crippen molar-refractivity contribution < 1.29 is 27.5 Å². The maximum Gasteiger partial charge on any atom is 0.416 e. The van der Waals surface area contributed by atoms with Gasteiger partial charge in [-0.1, -0.05) is 6.42 Å². The third kappa shape index (κ3) is 6.90. The van der Waals surface area contributed by atoms with Gasteiger partial charge in [-0.15, -0.1) is 0 Å². The number of hydrazine groups is 1. The topological polar surface area (TPSA) is 92.3 Å². The highest BCUT2D eigenvalue weighted by molar-refractivity contribution is 5.80. The molecule has 0 spiro atoms. The van der Waals surface area contributed by atoms with Crippen molar-refractivity contribution in [1.82, 2.24) is 15.7 Å². The van der Waals surface area contributed by atoms with Gasteiger partial charge in [0.25, 0.3) is 0 Å². The Morgan fingerprint density at radius 2 is 1.93 bits per heavy atom. The summed E-state index contributed by atoms with van der Waals surface area (Å²) in [6, 6.07) is 1.46. The van der Waals surface area contributed by atoms with Crippen molar-refractivity contribution in [1.29, 1.82) is 0 Å². The van der Waals surface area contributed by atoms with Crippen LogP contribution in [0.1, 0.15) is 52.0 Å². The van der Waals surface area contributed by atoms with Gasteiger partial charge < -0.3 is 10.1 Å². The Hall–Kier alpha value is -2.52. The molecule has 1 heterocycles. The van der Waals surface area contributed by atoms with Crippen molar-refractivity contribution >= 4 is 17.8 Å². The van der Waals surface area contributed by atoms with Crippen LogP contribution in [0.5, 0.6) is 0 Å². The lowest BCUT2D eigenvalue weighted by Crippen LogP contribution is -2.45. The number of aromatic nitrogens is 1. The first-order valence-corrected chi connectivity index (χ1v) is 9.02. The predicted octanol–water partition coefficient (Wildman–Crippen LogP) is 3.63. The van der Waals surface area contributed by atoms with Gasteiger partial charge in [0.1, 0.15) is 11.4 Å². The van der Waals surface area contributed by atoms with E-state index in [0.717, 1.165) is 31.2 Å². The number of carbonyl (C=O) groups excluding carboxylic acids is 2. The molecule has 0 aromatic carbocycles. The molecule has 1 fully saturated rings. The van der Waals surface area contributed by atoms with Gasteiger partial charge in [0.15, 0.2) is 0 Å². The molecular formula is C18H25F3N4O3. The Kier molecular flexibility index (Phi) is 6.73. The zero-order valence-electron chi connectivity index (χ0n) is 16.0. The molecule has 10 heteroatoms. The molecule has 3 N–H and O–H groups in total. The number of hydrogen-bond donors (Lipinski definition) is 3. The average molecular weight is 402 g/mol. The zero-order chi connectivity index (χ0) is 20.9. The van der Waals surface area contributed by atoms with E-state index >= 15 is 0 Å². The largest absolute Gasteiger partial charge is 0.444 e. The molecule has 28 heavy (non-hydrogen) atoms. The van der Waals surface area contributed by atoms with Gasteiger partial charge in [0.05, 0.1) is 5.56 Å². The van der Waals surface area contributed by atoms with Crippen LogP contribution in [0.25, 0.3) is 0 Å². The number of carbonyl (C=O) groups is 2. The second kappa shape index (κ2) is 8.66. The van der Waals surface area contributed by atoms with Crippen LogP contribution in [-0.4, -0.2) is 28.6 Å². The van der Waals surface area contributed by atoms with E-state index in [0.29, 0.717) is 12.8 Å². The first-order chi connectivity index (χ1) is 12.9. The molecule has 1 aliphatic carbocycles. The molecule has 2 amide bonds. The summed E-state index contributed by atoms with van der Waals surface area (Å²) in [5.41, 5.74) is 3.34. The number of alkyl carbamates (subject to hydrolysis) is 1. The zero-order valence-corrected chi connectivity index (χ0v) is 16.0. The molecular weight excluding hydrogens is 377 g/mol. The maximum atomic E-state index is 12.7. The van der Waals surface area contributed by atoms with Crippen molar-refractivity contribution in [2.45, 2.75) is 64.3 Å². The van der Waals surface area contributed by atoms with Crippen LogP contribution in [0, 0.1) is 5.92 Å². The summed E-state index contributed by atoms with van der Waals surface area (Å²) in [4.78, 5) is 28.0. The fraction of sp³-hybridized carbons (Fsp3) is 0.611. The molecule has 0 unspecified atom stereocenters. The first-order valence-electron chi connectivity index (χ1n) is 9.02.